The number of nitrogens with zero attached hydrogens (tertiary/aromatic N) is 5. The van der Waals surface area contributed by atoms with Crippen molar-refractivity contribution < 1.29 is 0 Å². The normalized spacial score (nSPS) is 17.7. The minimum atomic E-state index is 0.309. The van der Waals surface area contributed by atoms with Gasteiger partial charge in [0.2, 0.25) is 5.13 Å². The molecule has 0 saturated carbocycles. The van der Waals surface area contributed by atoms with Gasteiger partial charge in [0.05, 0.1) is 24.1 Å². The zero-order valence-corrected chi connectivity index (χ0v) is 14.9. The molecule has 6 nitrogen and oxygen atoms in total. The van der Waals surface area contributed by atoms with E-state index in [0.717, 1.165) is 36.2 Å². The molecule has 25 heavy (non-hydrogen) atoms. The van der Waals surface area contributed by atoms with Crippen LogP contribution in [0.1, 0.15) is 35.7 Å². The molecule has 7 heteroatoms. The van der Waals surface area contributed by atoms with E-state index in [1.807, 2.05) is 6.20 Å². The largest absolute Gasteiger partial charge is 0.313 e. The van der Waals surface area contributed by atoms with Crippen LogP contribution in [-0.2, 0) is 6.54 Å². The Balaban J connectivity index is 1.51. The fourth-order valence-electron chi connectivity index (χ4n) is 3.33. The molecular weight excluding hydrogens is 332 g/mol. The second-order valence-corrected chi connectivity index (χ2v) is 7.15. The number of aromatic nitrogens is 4. The van der Waals surface area contributed by atoms with E-state index in [1.54, 1.807) is 11.7 Å². The van der Waals surface area contributed by atoms with Gasteiger partial charge in [0.15, 0.2) is 5.82 Å². The molecule has 1 aliphatic rings. The molecule has 1 fully saturated rings. The Labute approximate surface area is 151 Å². The van der Waals surface area contributed by atoms with Gasteiger partial charge in [-0.2, -0.15) is 0 Å². The highest BCUT2D eigenvalue weighted by Gasteiger charge is 2.27. The number of hydrogen-bond donors (Lipinski definition) is 1. The van der Waals surface area contributed by atoms with Crippen LogP contribution in [0.5, 0.6) is 0 Å². The van der Waals surface area contributed by atoms with Crippen molar-refractivity contribution in [3.05, 3.63) is 59.0 Å². The number of likely N-dealkylation sites (tertiary alicyclic amines) is 1. The van der Waals surface area contributed by atoms with Crippen molar-refractivity contribution >= 4 is 22.3 Å². The number of rotatable bonds is 5. The summed E-state index contributed by atoms with van der Waals surface area (Å²) in [6.07, 6.45) is 5.91. The minimum Gasteiger partial charge on any atom is -0.313 e. The van der Waals surface area contributed by atoms with Gasteiger partial charge in [-0.25, -0.2) is 4.98 Å². The number of anilines is 2. The van der Waals surface area contributed by atoms with Crippen LogP contribution in [0.3, 0.4) is 0 Å². The van der Waals surface area contributed by atoms with Crippen LogP contribution in [0.15, 0.2) is 42.2 Å². The van der Waals surface area contributed by atoms with Gasteiger partial charge in [0.1, 0.15) is 5.51 Å². The summed E-state index contributed by atoms with van der Waals surface area (Å²) in [5.74, 6) is 0.719. The van der Waals surface area contributed by atoms with Crippen LogP contribution in [0, 0.1) is 6.92 Å². The van der Waals surface area contributed by atoms with Crippen molar-refractivity contribution in [3.8, 4) is 0 Å². The highest BCUT2D eigenvalue weighted by atomic mass is 32.1. The fraction of sp³-hybridized carbons (Fsp3) is 0.333. The van der Waals surface area contributed by atoms with Crippen molar-refractivity contribution in [2.24, 2.45) is 0 Å². The summed E-state index contributed by atoms with van der Waals surface area (Å²) in [5, 5.41) is 11.7. The van der Waals surface area contributed by atoms with Gasteiger partial charge in [-0.15, -0.1) is 10.2 Å². The van der Waals surface area contributed by atoms with Gasteiger partial charge in [-0.3, -0.25) is 9.88 Å². The van der Waals surface area contributed by atoms with Crippen molar-refractivity contribution in [2.75, 3.05) is 11.9 Å². The SMILES string of the molecule is Cc1cccc(CN2CCC[C@@H]2c2cncc(Nc3nncs3)n2)c1. The molecule has 0 spiro atoms. The molecule has 3 heterocycles. The predicted molar refractivity (Wildman–Crippen MR) is 98.8 cm³/mol. The number of hydrogen-bond acceptors (Lipinski definition) is 7. The maximum atomic E-state index is 4.76. The second-order valence-electron chi connectivity index (χ2n) is 6.32. The van der Waals surface area contributed by atoms with Crippen molar-refractivity contribution in [1.29, 1.82) is 0 Å². The molecule has 1 aliphatic heterocycles. The van der Waals surface area contributed by atoms with Crippen LogP contribution in [0.2, 0.25) is 0 Å². The van der Waals surface area contributed by atoms with Crippen LogP contribution in [0.4, 0.5) is 10.9 Å². The van der Waals surface area contributed by atoms with Crippen molar-refractivity contribution in [2.45, 2.75) is 32.4 Å². The Hall–Kier alpha value is -2.38. The maximum Gasteiger partial charge on any atom is 0.211 e. The summed E-state index contributed by atoms with van der Waals surface area (Å²) in [5.41, 5.74) is 5.36. The summed E-state index contributed by atoms with van der Waals surface area (Å²) < 4.78 is 0. The summed E-state index contributed by atoms with van der Waals surface area (Å²) in [6.45, 7) is 4.18. The highest BCUT2D eigenvalue weighted by molar-refractivity contribution is 7.13. The predicted octanol–water partition coefficient (Wildman–Crippen LogP) is 3.72. The molecule has 0 radical (unpaired) electrons. The van der Waals surface area contributed by atoms with Crippen LogP contribution in [-0.4, -0.2) is 31.6 Å². The standard InChI is InChI=1S/C18H20N6S/c1-13-4-2-5-14(8-13)11-24-7-3-6-16(24)15-9-19-10-17(21-15)22-18-23-20-12-25-18/h2,4-5,8-10,12,16H,3,6-7,11H2,1H3,(H,21,22,23)/t16-/m1/s1. The molecule has 128 valence electrons. The van der Waals surface area contributed by atoms with E-state index < -0.39 is 0 Å². The molecule has 1 aromatic carbocycles. The summed E-state index contributed by atoms with van der Waals surface area (Å²) in [4.78, 5) is 11.6. The lowest BCUT2D eigenvalue weighted by atomic mass is 10.1. The topological polar surface area (TPSA) is 66.8 Å². The number of benzene rings is 1. The molecule has 1 saturated heterocycles. The Morgan fingerprint density at radius 1 is 1.32 bits per heavy atom. The monoisotopic (exact) mass is 352 g/mol. The van der Waals surface area contributed by atoms with E-state index in [4.69, 9.17) is 4.98 Å². The maximum absolute atomic E-state index is 4.76. The molecular formula is C18H20N6S. The third-order valence-corrected chi connectivity index (χ3v) is 5.03. The lowest BCUT2D eigenvalue weighted by molar-refractivity contribution is 0.244. The third kappa shape index (κ3) is 3.83. The van der Waals surface area contributed by atoms with E-state index in [-0.39, 0.29) is 0 Å². The van der Waals surface area contributed by atoms with Gasteiger partial charge in [-0.05, 0) is 31.9 Å². The molecule has 1 atom stereocenters. The number of nitrogens with one attached hydrogen (secondary N) is 1. The summed E-state index contributed by atoms with van der Waals surface area (Å²) in [6, 6.07) is 9.03. The molecule has 0 unspecified atom stereocenters. The first kappa shape index (κ1) is 16.1. The third-order valence-electron chi connectivity index (χ3n) is 4.42. The van der Waals surface area contributed by atoms with Crippen molar-refractivity contribution in [1.82, 2.24) is 25.1 Å². The Morgan fingerprint density at radius 2 is 2.28 bits per heavy atom. The average Bonchev–Trinajstić information content (AvgIpc) is 3.27. The van der Waals surface area contributed by atoms with Crippen LogP contribution < -0.4 is 5.32 Å². The molecule has 4 rings (SSSR count). The Morgan fingerprint density at radius 3 is 3.12 bits per heavy atom. The van der Waals surface area contributed by atoms with Gasteiger partial charge in [-0.1, -0.05) is 41.2 Å². The zero-order valence-electron chi connectivity index (χ0n) is 14.1. The van der Waals surface area contributed by atoms with E-state index in [0.29, 0.717) is 6.04 Å². The molecule has 2 aromatic heterocycles. The molecule has 3 aromatic rings. The highest BCUT2D eigenvalue weighted by Crippen LogP contribution is 2.32. The first-order chi connectivity index (χ1) is 12.3. The van der Waals surface area contributed by atoms with Gasteiger partial charge < -0.3 is 5.32 Å². The van der Waals surface area contributed by atoms with Crippen LogP contribution >= 0.6 is 11.3 Å². The van der Waals surface area contributed by atoms with Crippen LogP contribution in [0.25, 0.3) is 0 Å². The second kappa shape index (κ2) is 7.25. The zero-order chi connectivity index (χ0) is 17.1. The first-order valence-electron chi connectivity index (χ1n) is 8.43. The van der Waals surface area contributed by atoms with Gasteiger partial charge in [0.25, 0.3) is 0 Å². The molecule has 0 amide bonds. The van der Waals surface area contributed by atoms with E-state index in [9.17, 15) is 0 Å². The molecule has 0 bridgehead atoms. The lowest BCUT2D eigenvalue weighted by Gasteiger charge is -2.24. The summed E-state index contributed by atoms with van der Waals surface area (Å²) in [7, 11) is 0. The lowest BCUT2D eigenvalue weighted by Crippen LogP contribution is -2.23. The summed E-state index contributed by atoms with van der Waals surface area (Å²) >= 11 is 1.45. The van der Waals surface area contributed by atoms with Gasteiger partial charge in [0, 0.05) is 6.54 Å². The smallest absolute Gasteiger partial charge is 0.211 e. The van der Waals surface area contributed by atoms with Crippen molar-refractivity contribution in [3.63, 3.8) is 0 Å². The van der Waals surface area contributed by atoms with E-state index in [2.05, 4.69) is 56.6 Å². The first-order valence-corrected chi connectivity index (χ1v) is 9.30. The fourth-order valence-corrected chi connectivity index (χ4v) is 3.79. The Kier molecular flexibility index (Phi) is 4.67. The Bertz CT molecular complexity index is 835. The van der Waals surface area contributed by atoms with E-state index in [1.165, 1.54) is 28.9 Å². The van der Waals surface area contributed by atoms with E-state index >= 15 is 0 Å². The molecule has 0 aliphatic carbocycles. The number of aryl methyl sites for hydroxylation is 1. The average molecular weight is 352 g/mol. The molecule has 1 N–H and O–H groups in total. The van der Waals surface area contributed by atoms with Gasteiger partial charge >= 0.3 is 0 Å². The minimum absolute atomic E-state index is 0.309. The quantitative estimate of drug-likeness (QED) is 0.755.